The third-order valence-electron chi connectivity index (χ3n) is 7.86. The molecule has 1 aliphatic rings. The Morgan fingerprint density at radius 2 is 1.66 bits per heavy atom. The molecule has 0 N–H and O–H groups in total. The number of benzene rings is 2. The number of likely N-dealkylation sites (N-methyl/N-ethyl adjacent to an activating group) is 1. The summed E-state index contributed by atoms with van der Waals surface area (Å²) >= 11 is 0. The highest BCUT2D eigenvalue weighted by Crippen LogP contribution is 2.37. The molecule has 44 heavy (non-hydrogen) atoms. The minimum Gasteiger partial charge on any atom is -0.376 e. The summed E-state index contributed by atoms with van der Waals surface area (Å²) in [6, 6.07) is 7.45. The van der Waals surface area contributed by atoms with Crippen LogP contribution in [-0.2, 0) is 37.2 Å². The van der Waals surface area contributed by atoms with Crippen LogP contribution in [0, 0.1) is 13.8 Å². The van der Waals surface area contributed by atoms with Crippen LogP contribution >= 0.6 is 0 Å². The third kappa shape index (κ3) is 6.90. The first-order chi connectivity index (χ1) is 20.7. The summed E-state index contributed by atoms with van der Waals surface area (Å²) < 4.78 is 87.9. The normalized spacial score (nSPS) is 15.7. The number of halogens is 6. The van der Waals surface area contributed by atoms with Crippen molar-refractivity contribution in [3.63, 3.8) is 0 Å². The van der Waals surface area contributed by atoms with Crippen LogP contribution in [0.15, 0.2) is 36.4 Å². The summed E-state index contributed by atoms with van der Waals surface area (Å²) in [6.07, 6.45) is -8.06. The first-order valence-electron chi connectivity index (χ1n) is 14.3. The number of pyridine rings is 1. The van der Waals surface area contributed by atoms with Crippen molar-refractivity contribution in [2.45, 2.75) is 65.2 Å². The highest BCUT2D eigenvalue weighted by molar-refractivity contribution is 5.85. The van der Waals surface area contributed by atoms with E-state index in [1.165, 1.54) is 16.7 Å². The molecular formula is C30H33F6N7O. The second-order valence-corrected chi connectivity index (χ2v) is 11.1. The fraction of sp³-hybridized carbons (Fsp3) is 0.467. The molecule has 1 saturated heterocycles. The molecule has 0 radical (unpaired) electrons. The lowest BCUT2D eigenvalue weighted by molar-refractivity contribution is -0.143. The van der Waals surface area contributed by atoms with E-state index in [2.05, 4.69) is 20.3 Å². The van der Waals surface area contributed by atoms with E-state index in [9.17, 15) is 26.3 Å². The van der Waals surface area contributed by atoms with Crippen LogP contribution in [0.3, 0.4) is 0 Å². The topological polar surface area (TPSA) is 72.2 Å². The van der Waals surface area contributed by atoms with E-state index in [0.717, 1.165) is 47.0 Å². The lowest BCUT2D eigenvalue weighted by Crippen LogP contribution is -2.34. The predicted octanol–water partition coefficient (Wildman–Crippen LogP) is 6.62. The van der Waals surface area contributed by atoms with Crippen molar-refractivity contribution in [1.29, 1.82) is 0 Å². The minimum absolute atomic E-state index is 0.0163. The van der Waals surface area contributed by atoms with Crippen molar-refractivity contribution in [3.05, 3.63) is 69.8 Å². The van der Waals surface area contributed by atoms with Crippen molar-refractivity contribution < 1.29 is 31.1 Å². The maximum absolute atomic E-state index is 13.7. The highest BCUT2D eigenvalue weighted by Gasteiger charge is 2.37. The SMILES string of the molecule is CCN(C[C@H]1CCCO1)c1nc2c(C)c(C)ccc2cc1CN(Cc1cc(C(F)(F)F)cc(C(F)(F)F)c1)c1nnn(C)n1. The van der Waals surface area contributed by atoms with Crippen LogP contribution in [0.25, 0.3) is 10.9 Å². The molecule has 236 valence electrons. The van der Waals surface area contributed by atoms with Gasteiger partial charge in [0.1, 0.15) is 5.82 Å². The number of ether oxygens (including phenoxy) is 1. The molecule has 14 heteroatoms. The Kier molecular flexibility index (Phi) is 8.74. The Morgan fingerprint density at radius 3 is 2.23 bits per heavy atom. The maximum atomic E-state index is 13.7. The number of fused-ring (bicyclic) bond motifs is 1. The lowest BCUT2D eigenvalue weighted by Gasteiger charge is -2.30. The Balaban J connectivity index is 1.61. The van der Waals surface area contributed by atoms with E-state index in [0.29, 0.717) is 31.1 Å². The first-order valence-corrected chi connectivity index (χ1v) is 14.3. The number of tetrazole rings is 1. The van der Waals surface area contributed by atoms with E-state index in [1.54, 1.807) is 0 Å². The summed E-state index contributed by atoms with van der Waals surface area (Å²) in [4.78, 5) is 9.87. The van der Waals surface area contributed by atoms with Gasteiger partial charge in [0.05, 0.1) is 29.8 Å². The molecule has 2 aromatic heterocycles. The summed E-state index contributed by atoms with van der Waals surface area (Å²) in [5.41, 5.74) is 0.625. The number of alkyl halides is 6. The molecule has 2 aromatic carbocycles. The van der Waals surface area contributed by atoms with Gasteiger partial charge in [-0.05, 0) is 79.8 Å². The van der Waals surface area contributed by atoms with Crippen molar-refractivity contribution in [2.24, 2.45) is 7.05 Å². The van der Waals surface area contributed by atoms with E-state index in [-0.39, 0.29) is 36.8 Å². The largest absolute Gasteiger partial charge is 0.416 e. The van der Waals surface area contributed by atoms with Crippen molar-refractivity contribution in [2.75, 3.05) is 29.5 Å². The van der Waals surface area contributed by atoms with E-state index >= 15 is 0 Å². The van der Waals surface area contributed by atoms with Crippen molar-refractivity contribution >= 4 is 22.7 Å². The number of nitrogens with zero attached hydrogens (tertiary/aromatic N) is 7. The summed E-state index contributed by atoms with van der Waals surface area (Å²) in [6.45, 7) is 7.54. The molecule has 0 amide bonds. The zero-order valence-corrected chi connectivity index (χ0v) is 24.8. The predicted molar refractivity (Wildman–Crippen MR) is 153 cm³/mol. The summed E-state index contributed by atoms with van der Waals surface area (Å²) in [5.74, 6) is 0.699. The van der Waals surface area contributed by atoms with Gasteiger partial charge in [-0.3, -0.25) is 0 Å². The molecule has 0 spiro atoms. The van der Waals surface area contributed by atoms with Gasteiger partial charge >= 0.3 is 12.4 Å². The van der Waals surface area contributed by atoms with Crippen LogP contribution in [0.4, 0.5) is 38.1 Å². The fourth-order valence-electron chi connectivity index (χ4n) is 5.44. The van der Waals surface area contributed by atoms with E-state index in [1.807, 2.05) is 39.0 Å². The zero-order chi connectivity index (χ0) is 31.8. The number of aryl methyl sites for hydroxylation is 3. The van der Waals surface area contributed by atoms with Crippen LogP contribution in [-0.4, -0.2) is 51.0 Å². The molecule has 3 heterocycles. The first kappa shape index (κ1) is 31.5. The van der Waals surface area contributed by atoms with E-state index < -0.39 is 23.5 Å². The van der Waals surface area contributed by atoms with Gasteiger partial charge in [-0.25, -0.2) is 4.98 Å². The average Bonchev–Trinajstić information content (AvgIpc) is 3.64. The van der Waals surface area contributed by atoms with Gasteiger partial charge in [0.2, 0.25) is 0 Å². The average molecular weight is 622 g/mol. The van der Waals surface area contributed by atoms with Crippen molar-refractivity contribution in [1.82, 2.24) is 25.2 Å². The minimum atomic E-state index is -4.97. The smallest absolute Gasteiger partial charge is 0.376 e. The lowest BCUT2D eigenvalue weighted by atomic mass is 10.0. The molecule has 5 rings (SSSR count). The van der Waals surface area contributed by atoms with Crippen LogP contribution in [0.5, 0.6) is 0 Å². The Bertz CT molecular complexity index is 1600. The van der Waals surface area contributed by atoms with Crippen LogP contribution in [0.2, 0.25) is 0 Å². The molecule has 0 aliphatic carbocycles. The molecule has 1 aliphatic heterocycles. The van der Waals surface area contributed by atoms with Gasteiger partial charge in [0.15, 0.2) is 0 Å². The highest BCUT2D eigenvalue weighted by atomic mass is 19.4. The molecule has 4 aromatic rings. The molecular weight excluding hydrogens is 588 g/mol. The van der Waals surface area contributed by atoms with Gasteiger partial charge in [0.25, 0.3) is 5.95 Å². The molecule has 0 saturated carbocycles. The Hall–Kier alpha value is -3.94. The summed E-state index contributed by atoms with van der Waals surface area (Å²) in [5, 5.41) is 13.0. The zero-order valence-electron chi connectivity index (χ0n) is 24.8. The Labute approximate surface area is 250 Å². The number of anilines is 2. The third-order valence-corrected chi connectivity index (χ3v) is 7.86. The standard InChI is InChI=1S/C30H33F6N7O/c1-5-42(17-25-7-6-10-44-25)27-22(13-21-9-8-18(2)19(3)26(21)37-27)16-43(28-38-40-41(4)39-28)15-20-11-23(29(31,32)33)14-24(12-20)30(34,35)36/h8-9,11-14,25H,5-7,10,15-17H2,1-4H3/t25-/m1/s1. The van der Waals surface area contributed by atoms with Gasteiger partial charge in [-0.2, -0.15) is 31.1 Å². The van der Waals surface area contributed by atoms with Crippen LogP contribution < -0.4 is 9.80 Å². The molecule has 1 atom stereocenters. The molecule has 1 fully saturated rings. The number of hydrogen-bond donors (Lipinski definition) is 0. The number of rotatable bonds is 9. The fourth-order valence-corrected chi connectivity index (χ4v) is 5.44. The monoisotopic (exact) mass is 621 g/mol. The number of aromatic nitrogens is 5. The summed E-state index contributed by atoms with van der Waals surface area (Å²) in [7, 11) is 1.52. The van der Waals surface area contributed by atoms with Crippen LogP contribution in [0.1, 0.15) is 53.1 Å². The molecule has 8 nitrogen and oxygen atoms in total. The second-order valence-electron chi connectivity index (χ2n) is 11.1. The van der Waals surface area contributed by atoms with Gasteiger partial charge < -0.3 is 14.5 Å². The molecule has 0 unspecified atom stereocenters. The Morgan fingerprint density at radius 1 is 0.955 bits per heavy atom. The van der Waals surface area contributed by atoms with E-state index in [4.69, 9.17) is 9.72 Å². The van der Waals surface area contributed by atoms with Gasteiger partial charge in [0, 0.05) is 43.7 Å². The second kappa shape index (κ2) is 12.2. The van der Waals surface area contributed by atoms with Gasteiger partial charge in [-0.15, -0.1) is 5.10 Å². The quantitative estimate of drug-likeness (QED) is 0.195. The van der Waals surface area contributed by atoms with Gasteiger partial charge in [-0.1, -0.05) is 17.2 Å². The number of hydrogen-bond acceptors (Lipinski definition) is 7. The maximum Gasteiger partial charge on any atom is 0.416 e. The molecule has 0 bridgehead atoms. The van der Waals surface area contributed by atoms with Crippen molar-refractivity contribution in [3.8, 4) is 0 Å².